The predicted octanol–water partition coefficient (Wildman–Crippen LogP) is 2.80. The summed E-state index contributed by atoms with van der Waals surface area (Å²) in [5, 5.41) is 18.2. The second-order valence-electron chi connectivity index (χ2n) is 3.23. The Bertz CT molecular complexity index is 479. The summed E-state index contributed by atoms with van der Waals surface area (Å²) in [5.74, 6) is 0. The molecule has 4 heteroatoms. The molecule has 1 heterocycles. The van der Waals surface area contributed by atoms with Crippen LogP contribution in [0.5, 0.6) is 0 Å². The van der Waals surface area contributed by atoms with E-state index in [9.17, 15) is 0 Å². The lowest BCUT2D eigenvalue weighted by Gasteiger charge is -2.06. The van der Waals surface area contributed by atoms with Crippen LogP contribution in [0.1, 0.15) is 4.88 Å². The summed E-state index contributed by atoms with van der Waals surface area (Å²) in [6, 6.07) is 7.64. The van der Waals surface area contributed by atoms with E-state index >= 15 is 0 Å². The van der Waals surface area contributed by atoms with Gasteiger partial charge < -0.3 is 4.90 Å². The number of anilines is 1. The average Bonchev–Trinajstić information content (AvgIpc) is 2.73. The second-order valence-corrected chi connectivity index (χ2v) is 4.33. The molecule has 0 spiro atoms. The first-order valence-corrected chi connectivity index (χ1v) is 5.44. The Morgan fingerprint density at radius 2 is 2.00 bits per heavy atom. The Morgan fingerprint density at radius 1 is 1.31 bits per heavy atom. The number of hydrogen-bond donors (Lipinski definition) is 0. The Hall–Kier alpha value is -2.04. The zero-order valence-corrected chi connectivity index (χ0v) is 9.95. The highest BCUT2D eigenvalue weighted by molar-refractivity contribution is 7.16. The molecule has 1 rings (SSSR count). The van der Waals surface area contributed by atoms with Crippen molar-refractivity contribution in [2.24, 2.45) is 0 Å². The highest BCUT2D eigenvalue weighted by Crippen LogP contribution is 2.24. The first-order valence-electron chi connectivity index (χ1n) is 4.63. The van der Waals surface area contributed by atoms with Gasteiger partial charge in [0.05, 0.1) is 5.00 Å². The number of nitrogens with zero attached hydrogens (tertiary/aromatic N) is 3. The average molecular weight is 229 g/mol. The van der Waals surface area contributed by atoms with Crippen molar-refractivity contribution in [3.05, 3.63) is 34.7 Å². The van der Waals surface area contributed by atoms with E-state index in [1.807, 2.05) is 37.2 Å². The van der Waals surface area contributed by atoms with E-state index in [0.717, 1.165) is 4.88 Å². The molecule has 0 aliphatic carbocycles. The third-order valence-electron chi connectivity index (χ3n) is 1.82. The van der Waals surface area contributed by atoms with Crippen molar-refractivity contribution >= 4 is 22.4 Å². The zero-order chi connectivity index (χ0) is 12.0. The van der Waals surface area contributed by atoms with Crippen molar-refractivity contribution in [2.75, 3.05) is 19.0 Å². The first kappa shape index (κ1) is 12.0. The van der Waals surface area contributed by atoms with Crippen LogP contribution in [-0.4, -0.2) is 14.1 Å². The van der Waals surface area contributed by atoms with E-state index in [-0.39, 0.29) is 5.57 Å². The Morgan fingerprint density at radius 3 is 2.50 bits per heavy atom. The molecule has 0 aliphatic rings. The lowest BCUT2D eigenvalue weighted by Crippen LogP contribution is -2.05. The van der Waals surface area contributed by atoms with E-state index in [4.69, 9.17) is 10.5 Å². The SMILES string of the molecule is CN(C)c1ccc(/C=C/C=C(C#N)C#N)s1. The van der Waals surface area contributed by atoms with Crippen molar-refractivity contribution < 1.29 is 0 Å². The molecule has 0 atom stereocenters. The topological polar surface area (TPSA) is 50.8 Å². The maximum atomic E-state index is 8.52. The lowest BCUT2D eigenvalue weighted by atomic mass is 10.3. The molecule has 0 fully saturated rings. The van der Waals surface area contributed by atoms with Gasteiger partial charge in [-0.05, 0) is 24.3 Å². The van der Waals surface area contributed by atoms with Crippen LogP contribution in [0, 0.1) is 22.7 Å². The molecule has 0 saturated heterocycles. The van der Waals surface area contributed by atoms with Gasteiger partial charge in [0, 0.05) is 19.0 Å². The second kappa shape index (κ2) is 5.75. The highest BCUT2D eigenvalue weighted by Gasteiger charge is 1.97. The van der Waals surface area contributed by atoms with Gasteiger partial charge in [0.1, 0.15) is 17.7 Å². The van der Waals surface area contributed by atoms with Crippen LogP contribution in [0.2, 0.25) is 0 Å². The third kappa shape index (κ3) is 3.27. The van der Waals surface area contributed by atoms with Gasteiger partial charge in [-0.3, -0.25) is 0 Å². The first-order chi connectivity index (χ1) is 7.67. The molecule has 0 aliphatic heterocycles. The predicted molar refractivity (Wildman–Crippen MR) is 67.0 cm³/mol. The summed E-state index contributed by atoms with van der Waals surface area (Å²) in [7, 11) is 3.98. The number of rotatable bonds is 3. The largest absolute Gasteiger partial charge is 0.370 e. The maximum absolute atomic E-state index is 8.52. The molecule has 0 unspecified atom stereocenters. The van der Waals surface area contributed by atoms with Crippen molar-refractivity contribution in [2.45, 2.75) is 0 Å². The van der Waals surface area contributed by atoms with Gasteiger partial charge in [-0.15, -0.1) is 11.3 Å². The van der Waals surface area contributed by atoms with Gasteiger partial charge in [-0.2, -0.15) is 10.5 Å². The van der Waals surface area contributed by atoms with Crippen molar-refractivity contribution in [1.29, 1.82) is 10.5 Å². The van der Waals surface area contributed by atoms with E-state index in [1.165, 1.54) is 11.1 Å². The Kier molecular flexibility index (Phi) is 4.32. The van der Waals surface area contributed by atoms with Gasteiger partial charge in [-0.25, -0.2) is 0 Å². The Labute approximate surface area is 99.2 Å². The van der Waals surface area contributed by atoms with Crippen LogP contribution < -0.4 is 4.90 Å². The zero-order valence-electron chi connectivity index (χ0n) is 9.14. The normalized spacial score (nSPS) is 9.50. The summed E-state index contributed by atoms with van der Waals surface area (Å²) >= 11 is 1.65. The monoisotopic (exact) mass is 229 g/mol. The van der Waals surface area contributed by atoms with Gasteiger partial charge >= 0.3 is 0 Å². The van der Waals surface area contributed by atoms with Crippen LogP contribution in [0.25, 0.3) is 6.08 Å². The van der Waals surface area contributed by atoms with Crippen LogP contribution in [0.15, 0.2) is 29.9 Å². The molecule has 0 bridgehead atoms. The molecule has 3 nitrogen and oxygen atoms in total. The molecule has 16 heavy (non-hydrogen) atoms. The fourth-order valence-electron chi connectivity index (χ4n) is 1.01. The van der Waals surface area contributed by atoms with Gasteiger partial charge in [0.25, 0.3) is 0 Å². The summed E-state index contributed by atoms with van der Waals surface area (Å²) < 4.78 is 0. The standard InChI is InChI=1S/C12H11N3S/c1-15(2)12-7-6-11(16-12)5-3-4-10(8-13)9-14/h3-7H,1-2H3/b5-3+. The van der Waals surface area contributed by atoms with Gasteiger partial charge in [0.2, 0.25) is 0 Å². The molecule has 0 aromatic carbocycles. The molecule has 80 valence electrons. The van der Waals surface area contributed by atoms with Gasteiger partial charge in [-0.1, -0.05) is 6.08 Å². The molecule has 1 aromatic rings. The number of thiophene rings is 1. The molecular formula is C12H11N3S. The van der Waals surface area contributed by atoms with Crippen molar-refractivity contribution in [3.8, 4) is 12.1 Å². The van der Waals surface area contributed by atoms with Crippen LogP contribution in [0.4, 0.5) is 5.00 Å². The number of nitriles is 2. The summed E-state index contributed by atoms with van der Waals surface area (Å²) in [5.41, 5.74) is 0.112. The lowest BCUT2D eigenvalue weighted by molar-refractivity contribution is 1.16. The number of allylic oxidation sites excluding steroid dienone is 3. The summed E-state index contributed by atoms with van der Waals surface area (Å²) in [4.78, 5) is 3.13. The smallest absolute Gasteiger partial charge is 0.129 e. The Balaban J connectivity index is 2.75. The fourth-order valence-corrected chi connectivity index (χ4v) is 1.85. The summed E-state index contributed by atoms with van der Waals surface area (Å²) in [6.45, 7) is 0. The van der Waals surface area contributed by atoms with Crippen LogP contribution in [0.3, 0.4) is 0 Å². The van der Waals surface area contributed by atoms with E-state index < -0.39 is 0 Å². The molecule has 0 saturated carbocycles. The number of hydrogen-bond acceptors (Lipinski definition) is 4. The van der Waals surface area contributed by atoms with E-state index in [2.05, 4.69) is 0 Å². The van der Waals surface area contributed by atoms with Crippen LogP contribution in [-0.2, 0) is 0 Å². The molecular weight excluding hydrogens is 218 g/mol. The van der Waals surface area contributed by atoms with Crippen molar-refractivity contribution in [3.63, 3.8) is 0 Å². The van der Waals surface area contributed by atoms with E-state index in [0.29, 0.717) is 0 Å². The minimum absolute atomic E-state index is 0.112. The van der Waals surface area contributed by atoms with E-state index in [1.54, 1.807) is 29.6 Å². The van der Waals surface area contributed by atoms with Crippen LogP contribution >= 0.6 is 11.3 Å². The molecule has 0 radical (unpaired) electrons. The van der Waals surface area contributed by atoms with Crippen molar-refractivity contribution in [1.82, 2.24) is 0 Å². The highest BCUT2D eigenvalue weighted by atomic mass is 32.1. The minimum Gasteiger partial charge on any atom is -0.370 e. The fraction of sp³-hybridized carbons (Fsp3) is 0.167. The molecule has 0 N–H and O–H groups in total. The maximum Gasteiger partial charge on any atom is 0.129 e. The quantitative estimate of drug-likeness (QED) is 0.591. The summed E-state index contributed by atoms with van der Waals surface area (Å²) in [6.07, 6.45) is 5.11. The van der Waals surface area contributed by atoms with Gasteiger partial charge in [0.15, 0.2) is 0 Å². The third-order valence-corrected chi connectivity index (χ3v) is 3.04. The minimum atomic E-state index is 0.112. The molecule has 0 amide bonds. The molecule has 1 aromatic heterocycles.